The number of methoxy groups -OCH3 is 3. The highest BCUT2D eigenvalue weighted by Gasteiger charge is 2.28. The van der Waals surface area contributed by atoms with Crippen molar-refractivity contribution in [2.45, 2.75) is 11.4 Å². The second-order valence-electron chi connectivity index (χ2n) is 6.44. The first-order valence-corrected chi connectivity index (χ1v) is 10.9. The van der Waals surface area contributed by atoms with Crippen LogP contribution in [0.5, 0.6) is 17.2 Å². The van der Waals surface area contributed by atoms with Crippen molar-refractivity contribution in [1.29, 1.82) is 0 Å². The van der Waals surface area contributed by atoms with E-state index in [-0.39, 0.29) is 16.5 Å². The first-order chi connectivity index (χ1) is 14.8. The number of benzene rings is 3. The Hall–Kier alpha value is -2.97. The molecule has 0 unspecified atom stereocenters. The molecule has 0 amide bonds. The summed E-state index contributed by atoms with van der Waals surface area (Å²) < 4.78 is 58.0. The van der Waals surface area contributed by atoms with Gasteiger partial charge in [-0.2, -0.15) is 0 Å². The van der Waals surface area contributed by atoms with Crippen molar-refractivity contribution < 1.29 is 27.0 Å². The summed E-state index contributed by atoms with van der Waals surface area (Å²) in [6, 6.07) is 15.1. The smallest absolute Gasteiger partial charge is 0.264 e. The molecule has 0 atom stereocenters. The zero-order valence-electron chi connectivity index (χ0n) is 17.1. The lowest BCUT2D eigenvalue weighted by molar-refractivity contribution is 0.355. The Morgan fingerprint density at radius 1 is 0.871 bits per heavy atom. The Morgan fingerprint density at radius 2 is 1.55 bits per heavy atom. The van der Waals surface area contributed by atoms with Gasteiger partial charge in [-0.1, -0.05) is 29.8 Å². The topological polar surface area (TPSA) is 65.1 Å². The molecule has 31 heavy (non-hydrogen) atoms. The fourth-order valence-corrected chi connectivity index (χ4v) is 4.75. The minimum absolute atomic E-state index is 0.0448. The van der Waals surface area contributed by atoms with Gasteiger partial charge in [-0.3, -0.25) is 4.31 Å². The zero-order chi connectivity index (χ0) is 22.6. The molecule has 0 heterocycles. The Balaban J connectivity index is 2.17. The van der Waals surface area contributed by atoms with Crippen molar-refractivity contribution in [1.82, 2.24) is 0 Å². The third kappa shape index (κ3) is 4.70. The predicted molar refractivity (Wildman–Crippen MR) is 117 cm³/mol. The molecule has 0 N–H and O–H groups in total. The highest BCUT2D eigenvalue weighted by Crippen LogP contribution is 2.36. The summed E-state index contributed by atoms with van der Waals surface area (Å²) in [6.45, 7) is -0.0448. The molecule has 0 aliphatic heterocycles. The molecule has 0 saturated heterocycles. The third-order valence-electron chi connectivity index (χ3n) is 4.64. The second kappa shape index (κ2) is 9.45. The summed E-state index contributed by atoms with van der Waals surface area (Å²) in [5.74, 6) is 0.631. The van der Waals surface area contributed by atoms with E-state index < -0.39 is 15.8 Å². The van der Waals surface area contributed by atoms with Crippen molar-refractivity contribution in [3.05, 3.63) is 77.1 Å². The fourth-order valence-electron chi connectivity index (χ4n) is 3.05. The van der Waals surface area contributed by atoms with E-state index in [2.05, 4.69) is 0 Å². The molecule has 0 bridgehead atoms. The lowest BCUT2D eigenvalue weighted by atomic mass is 10.2. The Bertz CT molecular complexity index is 1190. The highest BCUT2D eigenvalue weighted by molar-refractivity contribution is 7.92. The normalized spacial score (nSPS) is 11.1. The fraction of sp³-hybridized carbons (Fsp3) is 0.182. The van der Waals surface area contributed by atoms with Gasteiger partial charge in [0.05, 0.1) is 43.5 Å². The second-order valence-corrected chi connectivity index (χ2v) is 8.71. The van der Waals surface area contributed by atoms with E-state index >= 15 is 0 Å². The Labute approximate surface area is 185 Å². The maximum atomic E-state index is 13.7. The lowest BCUT2D eigenvalue weighted by Crippen LogP contribution is -2.31. The van der Waals surface area contributed by atoms with Gasteiger partial charge in [-0.05, 0) is 36.4 Å². The van der Waals surface area contributed by atoms with Crippen molar-refractivity contribution in [3.63, 3.8) is 0 Å². The largest absolute Gasteiger partial charge is 0.496 e. The number of ether oxygens (including phenoxy) is 3. The highest BCUT2D eigenvalue weighted by atomic mass is 35.5. The number of para-hydroxylation sites is 1. The van der Waals surface area contributed by atoms with Crippen LogP contribution >= 0.6 is 11.6 Å². The van der Waals surface area contributed by atoms with Gasteiger partial charge >= 0.3 is 0 Å². The Kier molecular flexibility index (Phi) is 6.92. The molecular formula is C22H21ClFNO5S. The van der Waals surface area contributed by atoms with Crippen LogP contribution in [0.25, 0.3) is 0 Å². The first-order valence-electron chi connectivity index (χ1n) is 9.13. The van der Waals surface area contributed by atoms with Crippen LogP contribution in [0.2, 0.25) is 5.02 Å². The van der Waals surface area contributed by atoms with Crippen molar-refractivity contribution in [2.24, 2.45) is 0 Å². The van der Waals surface area contributed by atoms with E-state index in [9.17, 15) is 12.8 Å². The van der Waals surface area contributed by atoms with E-state index in [1.165, 1.54) is 31.7 Å². The molecule has 0 radical (unpaired) electrons. The quantitative estimate of drug-likeness (QED) is 0.473. The van der Waals surface area contributed by atoms with Crippen molar-refractivity contribution >= 4 is 27.3 Å². The lowest BCUT2D eigenvalue weighted by Gasteiger charge is -2.26. The molecule has 0 aliphatic carbocycles. The van der Waals surface area contributed by atoms with Gasteiger partial charge in [-0.25, -0.2) is 12.8 Å². The maximum Gasteiger partial charge on any atom is 0.264 e. The van der Waals surface area contributed by atoms with Gasteiger partial charge < -0.3 is 14.2 Å². The summed E-state index contributed by atoms with van der Waals surface area (Å²) in [5, 5.41) is -0.286. The summed E-state index contributed by atoms with van der Waals surface area (Å²) >= 11 is 5.85. The number of hydrogen-bond acceptors (Lipinski definition) is 5. The van der Waals surface area contributed by atoms with Crippen LogP contribution in [0.15, 0.2) is 65.6 Å². The van der Waals surface area contributed by atoms with Gasteiger partial charge in [0.1, 0.15) is 11.6 Å². The molecule has 3 rings (SSSR count). The molecule has 0 fully saturated rings. The number of nitrogens with zero attached hydrogens (tertiary/aromatic N) is 1. The van der Waals surface area contributed by atoms with Crippen LogP contribution in [0.4, 0.5) is 10.1 Å². The van der Waals surface area contributed by atoms with Crippen LogP contribution in [0.3, 0.4) is 0 Å². The number of rotatable bonds is 8. The van der Waals surface area contributed by atoms with Crippen molar-refractivity contribution in [3.8, 4) is 17.2 Å². The van der Waals surface area contributed by atoms with Gasteiger partial charge in [0.2, 0.25) is 0 Å². The van der Waals surface area contributed by atoms with Crippen LogP contribution in [0, 0.1) is 5.82 Å². The van der Waals surface area contributed by atoms with Crippen molar-refractivity contribution in [2.75, 3.05) is 25.6 Å². The summed E-state index contributed by atoms with van der Waals surface area (Å²) in [7, 11) is 0.323. The first kappa shape index (κ1) is 22.7. The number of anilines is 1. The van der Waals surface area contributed by atoms with E-state index in [1.54, 1.807) is 42.5 Å². The van der Waals surface area contributed by atoms with Gasteiger partial charge in [0, 0.05) is 11.6 Å². The van der Waals surface area contributed by atoms with Crippen LogP contribution in [0.1, 0.15) is 5.56 Å². The number of sulfonamides is 1. The van der Waals surface area contributed by atoms with Gasteiger partial charge in [-0.15, -0.1) is 0 Å². The van der Waals surface area contributed by atoms with E-state index in [4.69, 9.17) is 25.8 Å². The molecule has 9 heteroatoms. The van der Waals surface area contributed by atoms with Gasteiger partial charge in [0.15, 0.2) is 11.5 Å². The monoisotopic (exact) mass is 465 g/mol. The summed E-state index contributed by atoms with van der Waals surface area (Å²) in [5.41, 5.74) is 0.959. The zero-order valence-corrected chi connectivity index (χ0v) is 18.7. The van der Waals surface area contributed by atoms with E-state index in [0.717, 1.165) is 12.1 Å². The van der Waals surface area contributed by atoms with Crippen LogP contribution in [-0.4, -0.2) is 29.7 Å². The van der Waals surface area contributed by atoms with Gasteiger partial charge in [0.25, 0.3) is 10.0 Å². The van der Waals surface area contributed by atoms with E-state index in [1.807, 2.05) is 0 Å². The average molecular weight is 466 g/mol. The molecule has 0 aliphatic rings. The van der Waals surface area contributed by atoms with E-state index in [0.29, 0.717) is 28.5 Å². The molecule has 164 valence electrons. The molecular weight excluding hydrogens is 445 g/mol. The predicted octanol–water partition coefficient (Wildman–Crippen LogP) is 4.90. The minimum Gasteiger partial charge on any atom is -0.496 e. The third-order valence-corrected chi connectivity index (χ3v) is 6.70. The molecule has 3 aromatic rings. The number of halogens is 2. The maximum absolute atomic E-state index is 13.7. The number of hydrogen-bond donors (Lipinski definition) is 0. The molecule has 0 aromatic heterocycles. The van der Waals surface area contributed by atoms with Crippen LogP contribution in [-0.2, 0) is 16.6 Å². The average Bonchev–Trinajstić information content (AvgIpc) is 2.78. The summed E-state index contributed by atoms with van der Waals surface area (Å²) in [4.78, 5) is -0.149. The molecule has 6 nitrogen and oxygen atoms in total. The standard InChI is InChI=1S/C22H21ClFNO5S/c1-28-20-7-5-4-6-15(20)14-25(16-8-11-21(29-2)22(12-16)30-3)31(26,27)17-9-10-19(24)18(23)13-17/h4-13H,14H2,1-3H3. The molecule has 0 spiro atoms. The summed E-state index contributed by atoms with van der Waals surface area (Å²) in [6.07, 6.45) is 0. The Morgan fingerprint density at radius 3 is 2.19 bits per heavy atom. The molecule has 0 saturated carbocycles. The SMILES string of the molecule is COc1ccccc1CN(c1ccc(OC)c(OC)c1)S(=O)(=O)c1ccc(F)c(Cl)c1. The van der Waals surface area contributed by atoms with Crippen LogP contribution < -0.4 is 18.5 Å². The molecule has 3 aromatic carbocycles. The minimum atomic E-state index is -4.13.